The van der Waals surface area contributed by atoms with Crippen LogP contribution in [0.2, 0.25) is 0 Å². The Hall–Kier alpha value is -1.24. The number of thiophene rings is 1. The van der Waals surface area contributed by atoms with Crippen LogP contribution in [0.1, 0.15) is 24.3 Å². The summed E-state index contributed by atoms with van der Waals surface area (Å²) in [6.07, 6.45) is 0. The molecule has 2 heterocycles. The second-order valence-electron chi connectivity index (χ2n) is 4.56. The van der Waals surface area contributed by atoms with Crippen LogP contribution >= 0.6 is 22.7 Å². The molecule has 96 valence electrons. The van der Waals surface area contributed by atoms with Crippen LogP contribution in [0.5, 0.6) is 0 Å². The summed E-state index contributed by atoms with van der Waals surface area (Å²) in [5.41, 5.74) is 5.62. The van der Waals surface area contributed by atoms with Gasteiger partial charge in [-0.15, -0.1) is 22.7 Å². The molecular formula is C12H15N3OS2. The maximum Gasteiger partial charge on any atom is 0.271 e. The highest BCUT2D eigenvalue weighted by atomic mass is 32.1. The normalized spacial score (nSPS) is 11.5. The van der Waals surface area contributed by atoms with Crippen molar-refractivity contribution in [2.75, 3.05) is 6.54 Å². The zero-order valence-electron chi connectivity index (χ0n) is 10.3. The lowest BCUT2D eigenvalue weighted by Gasteiger charge is -2.23. The highest BCUT2D eigenvalue weighted by Gasteiger charge is 2.21. The summed E-state index contributed by atoms with van der Waals surface area (Å²) in [5.74, 6) is -0.176. The molecule has 0 atom stereocenters. The van der Waals surface area contributed by atoms with Crippen LogP contribution in [-0.4, -0.2) is 23.0 Å². The van der Waals surface area contributed by atoms with Crippen molar-refractivity contribution in [2.45, 2.75) is 19.4 Å². The maximum absolute atomic E-state index is 12.0. The fourth-order valence-corrected chi connectivity index (χ4v) is 2.93. The van der Waals surface area contributed by atoms with Gasteiger partial charge in [-0.25, -0.2) is 4.98 Å². The van der Waals surface area contributed by atoms with Gasteiger partial charge in [0.1, 0.15) is 10.7 Å². The van der Waals surface area contributed by atoms with E-state index in [-0.39, 0.29) is 5.91 Å². The first-order chi connectivity index (χ1) is 8.52. The average molecular weight is 281 g/mol. The lowest BCUT2D eigenvalue weighted by atomic mass is 10.1. The summed E-state index contributed by atoms with van der Waals surface area (Å²) in [4.78, 5) is 17.4. The molecule has 6 heteroatoms. The topological polar surface area (TPSA) is 68.0 Å². The maximum atomic E-state index is 12.0. The van der Waals surface area contributed by atoms with Gasteiger partial charge in [0.15, 0.2) is 0 Å². The van der Waals surface area contributed by atoms with Crippen LogP contribution in [0.4, 0.5) is 0 Å². The van der Waals surface area contributed by atoms with E-state index in [1.807, 2.05) is 31.4 Å². The standard InChI is InChI=1S/C12H15N3OS2/c1-12(2,7-13)15-10(16)8-6-18-11(14-8)9-4-3-5-17-9/h3-6H,7,13H2,1-2H3,(H,15,16). The van der Waals surface area contributed by atoms with Crippen LogP contribution < -0.4 is 11.1 Å². The van der Waals surface area contributed by atoms with E-state index in [1.165, 1.54) is 11.3 Å². The van der Waals surface area contributed by atoms with Crippen LogP contribution in [0, 0.1) is 0 Å². The minimum Gasteiger partial charge on any atom is -0.345 e. The Kier molecular flexibility index (Phi) is 3.79. The van der Waals surface area contributed by atoms with Crippen molar-refractivity contribution in [3.63, 3.8) is 0 Å². The molecule has 0 saturated carbocycles. The Morgan fingerprint density at radius 2 is 2.28 bits per heavy atom. The first kappa shape index (κ1) is 13.2. The van der Waals surface area contributed by atoms with Crippen molar-refractivity contribution < 1.29 is 4.79 Å². The zero-order valence-corrected chi connectivity index (χ0v) is 11.9. The van der Waals surface area contributed by atoms with E-state index < -0.39 is 5.54 Å². The van der Waals surface area contributed by atoms with Crippen molar-refractivity contribution in [1.29, 1.82) is 0 Å². The van der Waals surface area contributed by atoms with E-state index >= 15 is 0 Å². The molecule has 0 spiro atoms. The van der Waals surface area contributed by atoms with Crippen molar-refractivity contribution in [3.8, 4) is 9.88 Å². The molecule has 2 aromatic heterocycles. The molecular weight excluding hydrogens is 266 g/mol. The van der Waals surface area contributed by atoms with Gasteiger partial charge in [-0.1, -0.05) is 6.07 Å². The first-order valence-corrected chi connectivity index (χ1v) is 7.30. The second kappa shape index (κ2) is 5.17. The number of amides is 1. The molecule has 0 bridgehead atoms. The number of carbonyl (C=O) groups is 1. The second-order valence-corrected chi connectivity index (χ2v) is 6.36. The van der Waals surface area contributed by atoms with Gasteiger partial charge in [-0.3, -0.25) is 4.79 Å². The molecule has 2 rings (SSSR count). The van der Waals surface area contributed by atoms with E-state index in [0.29, 0.717) is 12.2 Å². The van der Waals surface area contributed by atoms with E-state index in [4.69, 9.17) is 5.73 Å². The van der Waals surface area contributed by atoms with Crippen LogP contribution in [0.3, 0.4) is 0 Å². The predicted molar refractivity (Wildman–Crippen MR) is 76.0 cm³/mol. The molecule has 18 heavy (non-hydrogen) atoms. The van der Waals surface area contributed by atoms with E-state index in [2.05, 4.69) is 10.3 Å². The summed E-state index contributed by atoms with van der Waals surface area (Å²) in [7, 11) is 0. The number of hydrogen-bond donors (Lipinski definition) is 2. The Labute approximate surface area is 114 Å². The van der Waals surface area contributed by atoms with Crippen molar-refractivity contribution in [1.82, 2.24) is 10.3 Å². The molecule has 0 aliphatic carbocycles. The fraction of sp³-hybridized carbons (Fsp3) is 0.333. The van der Waals surface area contributed by atoms with E-state index in [0.717, 1.165) is 9.88 Å². The summed E-state index contributed by atoms with van der Waals surface area (Å²) in [6.45, 7) is 4.16. The third-order valence-corrected chi connectivity index (χ3v) is 4.31. The Bertz CT molecular complexity index is 531. The summed E-state index contributed by atoms with van der Waals surface area (Å²) < 4.78 is 0. The molecule has 2 aromatic rings. The molecule has 0 radical (unpaired) electrons. The zero-order chi connectivity index (χ0) is 13.2. The number of thiazole rings is 1. The quantitative estimate of drug-likeness (QED) is 0.904. The number of aromatic nitrogens is 1. The van der Waals surface area contributed by atoms with Gasteiger partial charge in [-0.2, -0.15) is 0 Å². The Morgan fingerprint density at radius 3 is 2.89 bits per heavy atom. The summed E-state index contributed by atoms with van der Waals surface area (Å²) in [5, 5.41) is 7.51. The van der Waals surface area contributed by atoms with E-state index in [1.54, 1.807) is 16.7 Å². The number of carbonyl (C=O) groups excluding carboxylic acids is 1. The Balaban J connectivity index is 2.13. The molecule has 4 nitrogen and oxygen atoms in total. The number of nitrogens with two attached hydrogens (primary N) is 1. The highest BCUT2D eigenvalue weighted by Crippen LogP contribution is 2.27. The molecule has 0 aromatic carbocycles. The molecule has 3 N–H and O–H groups in total. The molecule has 0 unspecified atom stereocenters. The third kappa shape index (κ3) is 2.95. The predicted octanol–water partition coefficient (Wildman–Crippen LogP) is 2.34. The van der Waals surface area contributed by atoms with Crippen LogP contribution in [-0.2, 0) is 0 Å². The van der Waals surface area contributed by atoms with E-state index in [9.17, 15) is 4.79 Å². The average Bonchev–Trinajstić information content (AvgIpc) is 2.99. The molecule has 0 fully saturated rings. The van der Waals surface area contributed by atoms with Gasteiger partial charge in [0.2, 0.25) is 0 Å². The summed E-state index contributed by atoms with van der Waals surface area (Å²) >= 11 is 3.09. The van der Waals surface area contributed by atoms with Gasteiger partial charge in [0.05, 0.1) is 4.88 Å². The van der Waals surface area contributed by atoms with Gasteiger partial charge in [-0.05, 0) is 25.3 Å². The smallest absolute Gasteiger partial charge is 0.271 e. The number of nitrogens with one attached hydrogen (secondary N) is 1. The van der Waals surface area contributed by atoms with Crippen LogP contribution in [0.15, 0.2) is 22.9 Å². The van der Waals surface area contributed by atoms with Crippen molar-refractivity contribution in [3.05, 3.63) is 28.6 Å². The lowest BCUT2D eigenvalue weighted by molar-refractivity contribution is 0.0911. The number of hydrogen-bond acceptors (Lipinski definition) is 5. The molecule has 0 aliphatic rings. The van der Waals surface area contributed by atoms with Crippen LogP contribution in [0.25, 0.3) is 9.88 Å². The van der Waals surface area contributed by atoms with Crippen molar-refractivity contribution >= 4 is 28.6 Å². The number of rotatable bonds is 4. The van der Waals surface area contributed by atoms with Gasteiger partial charge >= 0.3 is 0 Å². The third-order valence-electron chi connectivity index (χ3n) is 2.43. The fourth-order valence-electron chi connectivity index (χ4n) is 1.31. The molecule has 1 amide bonds. The molecule has 0 aliphatic heterocycles. The lowest BCUT2D eigenvalue weighted by Crippen LogP contribution is -2.48. The molecule has 0 saturated heterocycles. The minimum atomic E-state index is -0.413. The van der Waals surface area contributed by atoms with Gasteiger partial charge in [0.25, 0.3) is 5.91 Å². The monoisotopic (exact) mass is 281 g/mol. The Morgan fingerprint density at radius 1 is 1.50 bits per heavy atom. The largest absolute Gasteiger partial charge is 0.345 e. The van der Waals surface area contributed by atoms with Gasteiger partial charge < -0.3 is 11.1 Å². The summed E-state index contributed by atoms with van der Waals surface area (Å²) in [6, 6.07) is 3.97. The highest BCUT2D eigenvalue weighted by molar-refractivity contribution is 7.20. The van der Waals surface area contributed by atoms with Crippen molar-refractivity contribution in [2.24, 2.45) is 5.73 Å². The SMILES string of the molecule is CC(C)(CN)NC(=O)c1csc(-c2cccs2)n1. The first-order valence-electron chi connectivity index (χ1n) is 5.54. The minimum absolute atomic E-state index is 0.176. The van der Waals surface area contributed by atoms with Gasteiger partial charge in [0, 0.05) is 17.5 Å². The number of nitrogens with zero attached hydrogens (tertiary/aromatic N) is 1.